The molecule has 3 nitrogen and oxygen atoms in total. The van der Waals surface area contributed by atoms with E-state index in [4.69, 9.17) is 10.2 Å². The summed E-state index contributed by atoms with van der Waals surface area (Å²) in [6, 6.07) is 14.1. The first kappa shape index (κ1) is 11.9. The highest BCUT2D eigenvalue weighted by Gasteiger charge is 2.08. The number of oxazole rings is 1. The van der Waals surface area contributed by atoms with Gasteiger partial charge in [-0.2, -0.15) is 0 Å². The number of hydrogen-bond acceptors (Lipinski definition) is 3. The predicted molar refractivity (Wildman–Crippen MR) is 76.7 cm³/mol. The summed E-state index contributed by atoms with van der Waals surface area (Å²) in [6.07, 6.45) is 0.997. The maximum Gasteiger partial charge on any atom is 0.227 e. The third kappa shape index (κ3) is 2.25. The van der Waals surface area contributed by atoms with Gasteiger partial charge in [0.05, 0.1) is 0 Å². The number of hydrogen-bond donors (Lipinski definition) is 1. The van der Waals surface area contributed by atoms with E-state index >= 15 is 0 Å². The van der Waals surface area contributed by atoms with Gasteiger partial charge in [-0.15, -0.1) is 0 Å². The molecule has 3 aromatic rings. The Labute approximate surface area is 112 Å². The van der Waals surface area contributed by atoms with Crippen LogP contribution in [-0.2, 0) is 13.0 Å². The van der Waals surface area contributed by atoms with Gasteiger partial charge in [0.15, 0.2) is 5.58 Å². The van der Waals surface area contributed by atoms with Crippen molar-refractivity contribution in [3.8, 4) is 11.5 Å². The van der Waals surface area contributed by atoms with E-state index in [2.05, 4.69) is 24.0 Å². The Morgan fingerprint density at radius 2 is 1.79 bits per heavy atom. The van der Waals surface area contributed by atoms with Crippen LogP contribution in [0.3, 0.4) is 0 Å². The molecule has 0 fully saturated rings. The first-order valence-corrected chi connectivity index (χ1v) is 6.49. The zero-order valence-electron chi connectivity index (χ0n) is 10.9. The van der Waals surface area contributed by atoms with Crippen molar-refractivity contribution in [2.75, 3.05) is 0 Å². The van der Waals surface area contributed by atoms with E-state index in [1.165, 1.54) is 5.56 Å². The van der Waals surface area contributed by atoms with Crippen LogP contribution in [0.15, 0.2) is 46.9 Å². The zero-order chi connectivity index (χ0) is 13.2. The number of nitrogens with zero attached hydrogens (tertiary/aromatic N) is 1. The molecular weight excluding hydrogens is 236 g/mol. The third-order valence-corrected chi connectivity index (χ3v) is 3.30. The second-order valence-corrected chi connectivity index (χ2v) is 4.58. The average Bonchev–Trinajstić information content (AvgIpc) is 2.90. The number of benzene rings is 2. The van der Waals surface area contributed by atoms with E-state index in [0.717, 1.165) is 28.6 Å². The molecule has 0 unspecified atom stereocenters. The maximum atomic E-state index is 5.83. The van der Waals surface area contributed by atoms with Crippen LogP contribution in [0.5, 0.6) is 0 Å². The molecule has 0 amide bonds. The molecule has 0 spiro atoms. The van der Waals surface area contributed by atoms with Crippen LogP contribution < -0.4 is 5.73 Å². The van der Waals surface area contributed by atoms with Crippen LogP contribution >= 0.6 is 0 Å². The summed E-state index contributed by atoms with van der Waals surface area (Å²) in [7, 11) is 0. The zero-order valence-corrected chi connectivity index (χ0v) is 10.9. The SMILES string of the molecule is CCc1ccc2nc(-c3ccc(CN)cc3)oc2c1. The number of nitrogens with two attached hydrogens (primary N) is 1. The Balaban J connectivity index is 2.04. The van der Waals surface area contributed by atoms with Crippen molar-refractivity contribution in [3.63, 3.8) is 0 Å². The number of aromatic nitrogens is 1. The molecular formula is C16H16N2O. The first-order chi connectivity index (χ1) is 9.30. The minimum absolute atomic E-state index is 0.549. The maximum absolute atomic E-state index is 5.83. The van der Waals surface area contributed by atoms with Crippen LogP contribution in [0.1, 0.15) is 18.1 Å². The number of fused-ring (bicyclic) bond motifs is 1. The molecule has 0 aliphatic rings. The average molecular weight is 252 g/mol. The lowest BCUT2D eigenvalue weighted by atomic mass is 10.1. The van der Waals surface area contributed by atoms with E-state index in [0.29, 0.717) is 12.4 Å². The Morgan fingerprint density at radius 3 is 2.47 bits per heavy atom. The Kier molecular flexibility index (Phi) is 3.05. The molecule has 0 saturated heterocycles. The fourth-order valence-corrected chi connectivity index (χ4v) is 2.10. The van der Waals surface area contributed by atoms with Gasteiger partial charge in [-0.05, 0) is 41.8 Å². The molecule has 96 valence electrons. The summed E-state index contributed by atoms with van der Waals surface area (Å²) >= 11 is 0. The van der Waals surface area contributed by atoms with Crippen molar-refractivity contribution in [3.05, 3.63) is 53.6 Å². The molecule has 1 heterocycles. The molecule has 1 aromatic heterocycles. The molecule has 0 bridgehead atoms. The second-order valence-electron chi connectivity index (χ2n) is 4.58. The third-order valence-electron chi connectivity index (χ3n) is 3.30. The van der Waals surface area contributed by atoms with Gasteiger partial charge in [0, 0.05) is 12.1 Å². The lowest BCUT2D eigenvalue weighted by Crippen LogP contribution is -1.95. The van der Waals surface area contributed by atoms with E-state index in [9.17, 15) is 0 Å². The van der Waals surface area contributed by atoms with Gasteiger partial charge >= 0.3 is 0 Å². The molecule has 0 aliphatic heterocycles. The van der Waals surface area contributed by atoms with E-state index < -0.39 is 0 Å². The van der Waals surface area contributed by atoms with Gasteiger partial charge in [-0.1, -0.05) is 25.1 Å². The normalized spacial score (nSPS) is 11.1. The van der Waals surface area contributed by atoms with Crippen LogP contribution in [0, 0.1) is 0 Å². The smallest absolute Gasteiger partial charge is 0.227 e. The van der Waals surface area contributed by atoms with Crippen molar-refractivity contribution in [1.82, 2.24) is 4.98 Å². The minimum Gasteiger partial charge on any atom is -0.436 e. The van der Waals surface area contributed by atoms with Crippen LogP contribution in [0.4, 0.5) is 0 Å². The summed E-state index contributed by atoms with van der Waals surface area (Å²) in [5.74, 6) is 0.659. The highest BCUT2D eigenvalue weighted by Crippen LogP contribution is 2.25. The number of aryl methyl sites for hydroxylation is 1. The highest BCUT2D eigenvalue weighted by molar-refractivity contribution is 5.76. The molecule has 0 atom stereocenters. The van der Waals surface area contributed by atoms with Crippen molar-refractivity contribution in [2.24, 2.45) is 5.73 Å². The van der Waals surface area contributed by atoms with E-state index in [-0.39, 0.29) is 0 Å². The fraction of sp³-hybridized carbons (Fsp3) is 0.188. The summed E-state index contributed by atoms with van der Waals surface area (Å²) in [6.45, 7) is 2.68. The van der Waals surface area contributed by atoms with E-state index in [1.54, 1.807) is 0 Å². The number of rotatable bonds is 3. The molecule has 3 heteroatoms. The lowest BCUT2D eigenvalue weighted by Gasteiger charge is -1.97. The summed E-state index contributed by atoms with van der Waals surface area (Å²) in [4.78, 5) is 4.52. The largest absolute Gasteiger partial charge is 0.436 e. The van der Waals surface area contributed by atoms with Gasteiger partial charge in [0.2, 0.25) is 5.89 Å². The molecule has 3 rings (SSSR count). The molecule has 0 saturated carbocycles. The fourth-order valence-electron chi connectivity index (χ4n) is 2.10. The van der Waals surface area contributed by atoms with Crippen molar-refractivity contribution < 1.29 is 4.42 Å². The molecule has 19 heavy (non-hydrogen) atoms. The monoisotopic (exact) mass is 252 g/mol. The van der Waals surface area contributed by atoms with E-state index in [1.807, 2.05) is 30.3 Å². The highest BCUT2D eigenvalue weighted by atomic mass is 16.3. The van der Waals surface area contributed by atoms with Gasteiger partial charge < -0.3 is 10.2 Å². The van der Waals surface area contributed by atoms with Crippen molar-refractivity contribution in [1.29, 1.82) is 0 Å². The van der Waals surface area contributed by atoms with Gasteiger partial charge in [0.25, 0.3) is 0 Å². The van der Waals surface area contributed by atoms with Crippen LogP contribution in [0.25, 0.3) is 22.6 Å². The van der Waals surface area contributed by atoms with Crippen LogP contribution in [0.2, 0.25) is 0 Å². The summed E-state index contributed by atoms with van der Waals surface area (Å²) in [5.41, 5.74) is 10.7. The topological polar surface area (TPSA) is 52.0 Å². The van der Waals surface area contributed by atoms with Crippen molar-refractivity contribution in [2.45, 2.75) is 19.9 Å². The predicted octanol–water partition coefficient (Wildman–Crippen LogP) is 3.52. The van der Waals surface area contributed by atoms with Crippen LogP contribution in [-0.4, -0.2) is 4.98 Å². The molecule has 2 N–H and O–H groups in total. The molecule has 2 aromatic carbocycles. The Morgan fingerprint density at radius 1 is 1.05 bits per heavy atom. The summed E-state index contributed by atoms with van der Waals surface area (Å²) in [5, 5.41) is 0. The second kappa shape index (κ2) is 4.86. The standard InChI is InChI=1S/C16H16N2O/c1-2-11-5-8-14-15(9-11)19-16(18-14)13-6-3-12(10-17)4-7-13/h3-9H,2,10,17H2,1H3. The van der Waals surface area contributed by atoms with Gasteiger partial charge in [-0.25, -0.2) is 4.98 Å². The Hall–Kier alpha value is -2.13. The molecule has 0 radical (unpaired) electrons. The van der Waals surface area contributed by atoms with Crippen molar-refractivity contribution >= 4 is 11.1 Å². The Bertz CT molecular complexity index is 698. The molecule has 0 aliphatic carbocycles. The van der Waals surface area contributed by atoms with Gasteiger partial charge in [0.1, 0.15) is 5.52 Å². The lowest BCUT2D eigenvalue weighted by molar-refractivity contribution is 0.619. The summed E-state index contributed by atoms with van der Waals surface area (Å²) < 4.78 is 5.83. The minimum atomic E-state index is 0.549. The van der Waals surface area contributed by atoms with Gasteiger partial charge in [-0.3, -0.25) is 0 Å². The quantitative estimate of drug-likeness (QED) is 0.776. The first-order valence-electron chi connectivity index (χ1n) is 6.49.